The van der Waals surface area contributed by atoms with Crippen LogP contribution in [-0.2, 0) is 0 Å². The van der Waals surface area contributed by atoms with Crippen LogP contribution in [0.5, 0.6) is 0 Å². The molecule has 0 aliphatic carbocycles. The molecule has 14 heavy (non-hydrogen) atoms. The highest BCUT2D eigenvalue weighted by atomic mass is 15.2. The average molecular weight is 200 g/mol. The van der Waals surface area contributed by atoms with E-state index in [2.05, 4.69) is 44.8 Å². The molecule has 0 saturated carbocycles. The third kappa shape index (κ3) is 5.61. The normalized spacial score (nSPS) is 13.9. The van der Waals surface area contributed by atoms with Crippen LogP contribution in [0.15, 0.2) is 0 Å². The number of likely N-dealkylation sites (N-methyl/N-ethyl adjacent to an activating group) is 1. The molecular weight excluding hydrogens is 172 g/mol. The largest absolute Gasteiger partial charge is 0.313 e. The van der Waals surface area contributed by atoms with Crippen LogP contribution in [0.25, 0.3) is 0 Å². The molecule has 0 saturated heterocycles. The zero-order valence-corrected chi connectivity index (χ0v) is 10.6. The van der Waals surface area contributed by atoms with Gasteiger partial charge in [0.05, 0.1) is 0 Å². The van der Waals surface area contributed by atoms with E-state index < -0.39 is 0 Å². The minimum Gasteiger partial charge on any atom is -0.313 e. The maximum Gasteiger partial charge on any atom is 0.0192 e. The molecule has 0 rings (SSSR count). The number of nitrogens with one attached hydrogen (secondary N) is 1. The molecule has 0 spiro atoms. The third-order valence-electron chi connectivity index (χ3n) is 2.77. The van der Waals surface area contributed by atoms with Crippen LogP contribution in [0.3, 0.4) is 0 Å². The quantitative estimate of drug-likeness (QED) is 0.647. The van der Waals surface area contributed by atoms with Gasteiger partial charge in [0.15, 0.2) is 0 Å². The molecule has 0 bridgehead atoms. The monoisotopic (exact) mass is 200 g/mol. The molecule has 2 nitrogen and oxygen atoms in total. The van der Waals surface area contributed by atoms with Crippen molar-refractivity contribution in [1.82, 2.24) is 10.2 Å². The van der Waals surface area contributed by atoms with Crippen molar-refractivity contribution in [3.63, 3.8) is 0 Å². The Balaban J connectivity index is 3.87. The van der Waals surface area contributed by atoms with Crippen LogP contribution < -0.4 is 5.32 Å². The summed E-state index contributed by atoms with van der Waals surface area (Å²) in [6, 6.07) is 1.33. The Morgan fingerprint density at radius 2 is 1.79 bits per heavy atom. The first-order chi connectivity index (χ1) is 6.65. The summed E-state index contributed by atoms with van der Waals surface area (Å²) in [5, 5.41) is 3.60. The Morgan fingerprint density at radius 1 is 1.14 bits per heavy atom. The number of hydrogen-bond donors (Lipinski definition) is 1. The topological polar surface area (TPSA) is 15.3 Å². The number of hydrogen-bond acceptors (Lipinski definition) is 2. The van der Waals surface area contributed by atoms with Gasteiger partial charge in [0, 0.05) is 18.6 Å². The van der Waals surface area contributed by atoms with Gasteiger partial charge < -0.3 is 5.32 Å². The van der Waals surface area contributed by atoms with Crippen molar-refractivity contribution in [2.45, 2.75) is 59.5 Å². The van der Waals surface area contributed by atoms with Crippen LogP contribution >= 0.6 is 0 Å². The molecule has 1 N–H and O–H groups in total. The summed E-state index contributed by atoms with van der Waals surface area (Å²) in [5.74, 6) is 0. The maximum atomic E-state index is 3.60. The zero-order chi connectivity index (χ0) is 11.0. The van der Waals surface area contributed by atoms with Crippen molar-refractivity contribution in [2.75, 3.05) is 19.6 Å². The molecule has 0 aromatic rings. The predicted molar refractivity (Wildman–Crippen MR) is 64.8 cm³/mol. The van der Waals surface area contributed by atoms with Crippen molar-refractivity contribution < 1.29 is 0 Å². The van der Waals surface area contributed by atoms with Gasteiger partial charge in [0.1, 0.15) is 0 Å². The fourth-order valence-corrected chi connectivity index (χ4v) is 1.67. The third-order valence-corrected chi connectivity index (χ3v) is 2.77. The second-order valence-corrected chi connectivity index (χ2v) is 4.24. The molecule has 2 heteroatoms. The van der Waals surface area contributed by atoms with E-state index in [-0.39, 0.29) is 0 Å². The van der Waals surface area contributed by atoms with Crippen molar-refractivity contribution in [3.05, 3.63) is 0 Å². The molecule has 0 aliphatic rings. The van der Waals surface area contributed by atoms with E-state index in [1.54, 1.807) is 0 Å². The van der Waals surface area contributed by atoms with E-state index >= 15 is 0 Å². The van der Waals surface area contributed by atoms with Crippen LogP contribution in [0.2, 0.25) is 0 Å². The second kappa shape index (κ2) is 8.25. The van der Waals surface area contributed by atoms with Crippen LogP contribution in [0.4, 0.5) is 0 Å². The summed E-state index contributed by atoms with van der Waals surface area (Å²) in [6.45, 7) is 14.8. The van der Waals surface area contributed by atoms with E-state index in [0.717, 1.165) is 13.1 Å². The van der Waals surface area contributed by atoms with Crippen molar-refractivity contribution in [1.29, 1.82) is 0 Å². The van der Waals surface area contributed by atoms with Gasteiger partial charge in [-0.05, 0) is 39.8 Å². The molecule has 0 aromatic carbocycles. The summed E-state index contributed by atoms with van der Waals surface area (Å²) in [5.41, 5.74) is 0. The molecule has 0 aromatic heterocycles. The van der Waals surface area contributed by atoms with E-state index in [1.165, 1.54) is 19.4 Å². The first-order valence-electron chi connectivity index (χ1n) is 6.13. The Kier molecular flexibility index (Phi) is 8.20. The van der Waals surface area contributed by atoms with Gasteiger partial charge in [0.2, 0.25) is 0 Å². The van der Waals surface area contributed by atoms with Gasteiger partial charge in [-0.25, -0.2) is 0 Å². The lowest BCUT2D eigenvalue weighted by Crippen LogP contribution is -2.43. The van der Waals surface area contributed by atoms with Gasteiger partial charge in [-0.3, -0.25) is 4.90 Å². The molecule has 0 amide bonds. The molecular formula is C12H28N2. The fourth-order valence-electron chi connectivity index (χ4n) is 1.67. The van der Waals surface area contributed by atoms with E-state index in [0.29, 0.717) is 12.1 Å². The fraction of sp³-hybridized carbons (Fsp3) is 1.00. The maximum absolute atomic E-state index is 3.60. The highest BCUT2D eigenvalue weighted by molar-refractivity contribution is 4.72. The van der Waals surface area contributed by atoms with Gasteiger partial charge in [0.25, 0.3) is 0 Å². The predicted octanol–water partition coefficient (Wildman–Crippen LogP) is 2.49. The molecule has 0 fully saturated rings. The molecule has 0 aliphatic heterocycles. The highest BCUT2D eigenvalue weighted by Crippen LogP contribution is 2.02. The Morgan fingerprint density at radius 3 is 2.14 bits per heavy atom. The Labute approximate surface area is 90.1 Å². The van der Waals surface area contributed by atoms with E-state index in [9.17, 15) is 0 Å². The Bertz CT molecular complexity index is 123. The number of nitrogens with zero attached hydrogens (tertiary/aromatic N) is 1. The minimum absolute atomic E-state index is 0.664. The van der Waals surface area contributed by atoms with Crippen LogP contribution in [0.1, 0.15) is 47.5 Å². The standard InChI is InChI=1S/C12H28N2/c1-6-9-13-12(7-2)10-14(8-3)11(4)5/h11-13H,6-10H2,1-5H3. The molecule has 0 heterocycles. The summed E-state index contributed by atoms with van der Waals surface area (Å²) in [7, 11) is 0. The summed E-state index contributed by atoms with van der Waals surface area (Å²) >= 11 is 0. The van der Waals surface area contributed by atoms with Crippen molar-refractivity contribution in [3.8, 4) is 0 Å². The smallest absolute Gasteiger partial charge is 0.0192 e. The molecule has 0 radical (unpaired) electrons. The molecule has 86 valence electrons. The van der Waals surface area contributed by atoms with Gasteiger partial charge in [-0.15, -0.1) is 0 Å². The summed E-state index contributed by atoms with van der Waals surface area (Å²) < 4.78 is 0. The van der Waals surface area contributed by atoms with E-state index in [4.69, 9.17) is 0 Å². The first-order valence-corrected chi connectivity index (χ1v) is 6.13. The lowest BCUT2D eigenvalue weighted by molar-refractivity contribution is 0.205. The zero-order valence-electron chi connectivity index (χ0n) is 10.6. The van der Waals surface area contributed by atoms with Crippen molar-refractivity contribution in [2.24, 2.45) is 0 Å². The van der Waals surface area contributed by atoms with E-state index in [1.807, 2.05) is 0 Å². The van der Waals surface area contributed by atoms with Crippen LogP contribution in [0, 0.1) is 0 Å². The molecule has 1 atom stereocenters. The van der Waals surface area contributed by atoms with Gasteiger partial charge >= 0.3 is 0 Å². The first kappa shape index (κ1) is 13.9. The van der Waals surface area contributed by atoms with Gasteiger partial charge in [-0.1, -0.05) is 20.8 Å². The second-order valence-electron chi connectivity index (χ2n) is 4.24. The highest BCUT2D eigenvalue weighted by Gasteiger charge is 2.12. The minimum atomic E-state index is 0.664. The SMILES string of the molecule is CCCNC(CC)CN(CC)C(C)C. The van der Waals surface area contributed by atoms with Crippen molar-refractivity contribution >= 4 is 0 Å². The average Bonchev–Trinajstić information content (AvgIpc) is 2.18. The van der Waals surface area contributed by atoms with Crippen LogP contribution in [-0.4, -0.2) is 36.6 Å². The lowest BCUT2D eigenvalue weighted by atomic mass is 10.2. The lowest BCUT2D eigenvalue weighted by Gasteiger charge is -2.29. The summed E-state index contributed by atoms with van der Waals surface area (Å²) in [4.78, 5) is 2.52. The Hall–Kier alpha value is -0.0800. The summed E-state index contributed by atoms with van der Waals surface area (Å²) in [6.07, 6.45) is 2.45. The van der Waals surface area contributed by atoms with Gasteiger partial charge in [-0.2, -0.15) is 0 Å². The number of rotatable bonds is 8. The molecule has 1 unspecified atom stereocenters.